The average Bonchev–Trinajstić information content (AvgIpc) is 3.07. The number of para-hydroxylation sites is 2. The molecule has 0 unspecified atom stereocenters. The highest BCUT2D eigenvalue weighted by Gasteiger charge is 2.33. The zero-order chi connectivity index (χ0) is 23.5. The van der Waals surface area contributed by atoms with Crippen molar-refractivity contribution in [3.63, 3.8) is 0 Å². The van der Waals surface area contributed by atoms with E-state index in [0.717, 1.165) is 11.8 Å². The van der Waals surface area contributed by atoms with Crippen molar-refractivity contribution < 1.29 is 24.2 Å². The number of hydrogen-bond donors (Lipinski definition) is 1. The monoisotopic (exact) mass is 483 g/mol. The van der Waals surface area contributed by atoms with Crippen LogP contribution in [-0.2, 0) is 9.59 Å². The van der Waals surface area contributed by atoms with Gasteiger partial charge >= 0.3 is 5.97 Å². The van der Waals surface area contributed by atoms with Crippen LogP contribution in [0.5, 0.6) is 17.4 Å². The van der Waals surface area contributed by atoms with Gasteiger partial charge in [0.05, 0.1) is 18.4 Å². The summed E-state index contributed by atoms with van der Waals surface area (Å²) in [4.78, 5) is 42.9. The van der Waals surface area contributed by atoms with E-state index in [1.165, 1.54) is 22.5 Å². The van der Waals surface area contributed by atoms with Gasteiger partial charge in [0.15, 0.2) is 11.5 Å². The summed E-state index contributed by atoms with van der Waals surface area (Å²) in [6.45, 7) is -0.0587. The van der Waals surface area contributed by atoms with E-state index in [1.807, 2.05) is 0 Å². The highest BCUT2D eigenvalue weighted by molar-refractivity contribution is 8.26. The van der Waals surface area contributed by atoms with Crippen molar-refractivity contribution in [1.82, 2.24) is 14.3 Å². The Morgan fingerprint density at radius 2 is 1.91 bits per heavy atom. The lowest BCUT2D eigenvalue weighted by Gasteiger charge is -2.13. The summed E-state index contributed by atoms with van der Waals surface area (Å²) in [6.07, 6.45) is 2.69. The fourth-order valence-corrected chi connectivity index (χ4v) is 4.41. The molecule has 1 N–H and O–H groups in total. The minimum Gasteiger partial charge on any atom is -0.493 e. The largest absolute Gasteiger partial charge is 0.493 e. The highest BCUT2D eigenvalue weighted by atomic mass is 32.2. The van der Waals surface area contributed by atoms with Gasteiger partial charge in [0, 0.05) is 12.7 Å². The van der Waals surface area contributed by atoms with Gasteiger partial charge in [0.25, 0.3) is 11.5 Å². The van der Waals surface area contributed by atoms with E-state index in [0.29, 0.717) is 17.1 Å². The van der Waals surface area contributed by atoms with Gasteiger partial charge in [-0.05, 0) is 30.3 Å². The van der Waals surface area contributed by atoms with Crippen molar-refractivity contribution in [3.05, 3.63) is 69.5 Å². The van der Waals surface area contributed by atoms with Gasteiger partial charge in [-0.15, -0.1) is 0 Å². The van der Waals surface area contributed by atoms with Crippen LogP contribution in [0.25, 0.3) is 11.7 Å². The topological polar surface area (TPSA) is 110 Å². The molecule has 9 nitrogen and oxygen atoms in total. The van der Waals surface area contributed by atoms with Crippen molar-refractivity contribution in [2.45, 2.75) is 6.42 Å². The minimum absolute atomic E-state index is 0.00787. The molecule has 0 bridgehead atoms. The fourth-order valence-electron chi connectivity index (χ4n) is 3.12. The molecular formula is C22H17N3O6S2. The van der Waals surface area contributed by atoms with Crippen LogP contribution >= 0.6 is 24.0 Å². The number of hydrogen-bond acceptors (Lipinski definition) is 8. The molecule has 1 fully saturated rings. The van der Waals surface area contributed by atoms with Crippen LogP contribution in [0.15, 0.2) is 58.4 Å². The van der Waals surface area contributed by atoms with Crippen LogP contribution in [0.4, 0.5) is 0 Å². The van der Waals surface area contributed by atoms with E-state index in [2.05, 4.69) is 4.98 Å². The smallest absolute Gasteiger partial charge is 0.305 e. The molecule has 0 atom stereocenters. The Balaban J connectivity index is 1.81. The third kappa shape index (κ3) is 4.59. The summed E-state index contributed by atoms with van der Waals surface area (Å²) in [6, 6.07) is 12.0. The number of carbonyl (C=O) groups is 2. The van der Waals surface area contributed by atoms with E-state index < -0.39 is 17.4 Å². The van der Waals surface area contributed by atoms with Gasteiger partial charge in [-0.1, -0.05) is 42.2 Å². The number of thioether (sulfide) groups is 1. The van der Waals surface area contributed by atoms with Crippen LogP contribution < -0.4 is 15.0 Å². The summed E-state index contributed by atoms with van der Waals surface area (Å²) in [7, 11) is 1.49. The second-order valence-electron chi connectivity index (χ2n) is 6.79. The summed E-state index contributed by atoms with van der Waals surface area (Å²) < 4.78 is 12.8. The summed E-state index contributed by atoms with van der Waals surface area (Å²) in [5.74, 6) is -0.745. The number of ether oxygens (including phenoxy) is 2. The third-order valence-corrected chi connectivity index (χ3v) is 6.09. The number of fused-ring (bicyclic) bond motifs is 1. The predicted octanol–water partition coefficient (Wildman–Crippen LogP) is 3.17. The molecule has 0 aliphatic carbocycles. The number of benzene rings is 1. The van der Waals surface area contributed by atoms with E-state index >= 15 is 0 Å². The van der Waals surface area contributed by atoms with Crippen LogP contribution in [-0.4, -0.2) is 49.2 Å². The molecule has 1 saturated heterocycles. The maximum absolute atomic E-state index is 13.3. The van der Waals surface area contributed by atoms with Crippen LogP contribution in [0.3, 0.4) is 0 Å². The molecule has 0 spiro atoms. The molecule has 4 rings (SSSR count). The molecule has 3 heterocycles. The lowest BCUT2D eigenvalue weighted by molar-refractivity contribution is -0.137. The molecule has 1 aromatic carbocycles. The normalized spacial score (nSPS) is 14.8. The van der Waals surface area contributed by atoms with Crippen LogP contribution in [0.1, 0.15) is 12.0 Å². The molecule has 3 aromatic rings. The number of aromatic nitrogens is 2. The molecule has 11 heteroatoms. The minimum atomic E-state index is -1.04. The lowest BCUT2D eigenvalue weighted by Crippen LogP contribution is -2.30. The summed E-state index contributed by atoms with van der Waals surface area (Å²) >= 11 is 6.22. The Morgan fingerprint density at radius 3 is 2.64 bits per heavy atom. The van der Waals surface area contributed by atoms with E-state index in [4.69, 9.17) is 26.8 Å². The number of carboxylic acids is 1. The molecular weight excluding hydrogens is 466 g/mol. The fraction of sp³-hybridized carbons (Fsp3) is 0.136. The highest BCUT2D eigenvalue weighted by Crippen LogP contribution is 2.35. The summed E-state index contributed by atoms with van der Waals surface area (Å²) in [5.41, 5.74) is -0.0387. The Hall–Kier alpha value is -3.70. The van der Waals surface area contributed by atoms with Gasteiger partial charge in [0.1, 0.15) is 15.5 Å². The SMILES string of the molecule is COc1ccccc1Oc1nc2ccccn2c(=O)c1/C=C1\SC(=S)N(CCC(=O)O)C1=O. The number of amides is 1. The number of nitrogens with zero attached hydrogens (tertiary/aromatic N) is 3. The van der Waals surface area contributed by atoms with Crippen molar-refractivity contribution in [2.75, 3.05) is 13.7 Å². The standard InChI is InChI=1S/C22H17N3O6S2/c1-30-14-6-2-3-7-15(14)31-19-13(20(28)24-10-5-4-8-17(24)23-19)12-16-21(29)25(22(32)33-16)11-9-18(26)27/h2-8,10,12H,9,11H2,1H3,(H,26,27)/b16-12-. The first-order valence-corrected chi connectivity index (χ1v) is 10.9. The Morgan fingerprint density at radius 1 is 1.18 bits per heavy atom. The van der Waals surface area contributed by atoms with E-state index in [-0.39, 0.29) is 33.6 Å². The number of thiocarbonyl (C=S) groups is 1. The zero-order valence-corrected chi connectivity index (χ0v) is 18.9. The molecule has 168 valence electrons. The van der Waals surface area contributed by atoms with Gasteiger partial charge in [-0.3, -0.25) is 23.7 Å². The zero-order valence-electron chi connectivity index (χ0n) is 17.3. The van der Waals surface area contributed by atoms with Crippen LogP contribution in [0.2, 0.25) is 0 Å². The number of carboxylic acid groups (broad SMARTS) is 1. The summed E-state index contributed by atoms with van der Waals surface area (Å²) in [5, 5.41) is 8.92. The van der Waals surface area contributed by atoms with Gasteiger partial charge in [0.2, 0.25) is 5.88 Å². The number of methoxy groups -OCH3 is 1. The molecule has 0 saturated carbocycles. The van der Waals surface area contributed by atoms with Crippen molar-refractivity contribution in [2.24, 2.45) is 0 Å². The van der Waals surface area contributed by atoms with Gasteiger partial charge in [-0.2, -0.15) is 4.98 Å². The first kappa shape index (κ1) is 22.5. The lowest BCUT2D eigenvalue weighted by atomic mass is 10.2. The molecule has 1 aliphatic heterocycles. The first-order chi connectivity index (χ1) is 15.9. The van der Waals surface area contributed by atoms with E-state index in [9.17, 15) is 14.4 Å². The molecule has 0 radical (unpaired) electrons. The second-order valence-corrected chi connectivity index (χ2v) is 8.47. The predicted molar refractivity (Wildman–Crippen MR) is 127 cm³/mol. The van der Waals surface area contributed by atoms with Gasteiger partial charge in [-0.25, -0.2) is 0 Å². The number of carbonyl (C=O) groups excluding carboxylic acids is 1. The molecule has 2 aromatic heterocycles. The van der Waals surface area contributed by atoms with Crippen LogP contribution in [0, 0.1) is 0 Å². The van der Waals surface area contributed by atoms with Crippen molar-refractivity contribution in [1.29, 1.82) is 0 Å². The van der Waals surface area contributed by atoms with Gasteiger partial charge < -0.3 is 14.6 Å². The number of pyridine rings is 1. The Labute approximate surface area is 197 Å². The quantitative estimate of drug-likeness (QED) is 0.400. The molecule has 1 aliphatic rings. The van der Waals surface area contributed by atoms with Crippen molar-refractivity contribution in [3.8, 4) is 17.4 Å². The van der Waals surface area contributed by atoms with E-state index in [1.54, 1.807) is 48.7 Å². The maximum Gasteiger partial charge on any atom is 0.305 e. The number of rotatable bonds is 7. The maximum atomic E-state index is 13.3. The van der Waals surface area contributed by atoms with Crippen molar-refractivity contribution >= 4 is 51.9 Å². The molecule has 1 amide bonds. The second kappa shape index (κ2) is 9.43. The Kier molecular flexibility index (Phi) is 6.43. The Bertz CT molecular complexity index is 1370. The molecule has 33 heavy (non-hydrogen) atoms. The first-order valence-electron chi connectivity index (χ1n) is 9.68. The average molecular weight is 484 g/mol. The third-order valence-electron chi connectivity index (χ3n) is 4.71. The number of aliphatic carboxylic acids is 1.